The van der Waals surface area contributed by atoms with E-state index in [0.717, 1.165) is 12.2 Å². The van der Waals surface area contributed by atoms with Gasteiger partial charge in [0, 0.05) is 27.2 Å². The average Bonchev–Trinajstić information content (AvgIpc) is 2.69. The summed E-state index contributed by atoms with van der Waals surface area (Å²) in [6.45, 7) is 5.13. The molecule has 1 aromatic rings. The molecule has 1 rings (SSSR count). The molecule has 1 unspecified atom stereocenters. The molecular weight excluding hydrogens is 206 g/mol. The summed E-state index contributed by atoms with van der Waals surface area (Å²) < 4.78 is 1.69. The Labute approximate surface area is 95.6 Å². The van der Waals surface area contributed by atoms with Gasteiger partial charge in [-0.05, 0) is 13.8 Å². The van der Waals surface area contributed by atoms with E-state index in [9.17, 15) is 4.79 Å². The lowest BCUT2D eigenvalue weighted by atomic mass is 10.3. The monoisotopic (exact) mass is 225 g/mol. The van der Waals surface area contributed by atoms with Crippen molar-refractivity contribution in [2.45, 2.75) is 26.4 Å². The normalized spacial score (nSPS) is 12.5. The van der Waals surface area contributed by atoms with Crippen molar-refractivity contribution in [2.24, 2.45) is 7.05 Å². The number of aryl methyl sites for hydroxylation is 1. The highest BCUT2D eigenvalue weighted by Gasteiger charge is 2.15. The minimum atomic E-state index is -0.195. The second-order valence-corrected chi connectivity index (χ2v) is 3.80. The first-order valence-corrected chi connectivity index (χ1v) is 5.38. The van der Waals surface area contributed by atoms with Gasteiger partial charge in [-0.3, -0.25) is 9.48 Å². The molecule has 1 aromatic heterocycles. The lowest BCUT2D eigenvalue weighted by Crippen LogP contribution is -2.42. The van der Waals surface area contributed by atoms with Gasteiger partial charge in [-0.15, -0.1) is 5.10 Å². The predicted octanol–water partition coefficient (Wildman–Crippen LogP) is -0.228. The molecule has 90 valence electrons. The Balaban J connectivity index is 2.44. The van der Waals surface area contributed by atoms with E-state index < -0.39 is 0 Å². The highest BCUT2D eigenvalue weighted by Crippen LogP contribution is 1.96. The first-order valence-electron chi connectivity index (χ1n) is 5.38. The molecule has 0 saturated carbocycles. The molecule has 1 amide bonds. The number of aromatic nitrogens is 3. The molecule has 1 heterocycles. The average molecular weight is 225 g/mol. The van der Waals surface area contributed by atoms with Crippen molar-refractivity contribution in [1.29, 1.82) is 0 Å². The number of nitrogens with one attached hydrogen (secondary N) is 1. The van der Waals surface area contributed by atoms with Gasteiger partial charge < -0.3 is 10.2 Å². The molecular formula is C10H19N5O. The summed E-state index contributed by atoms with van der Waals surface area (Å²) in [6.07, 6.45) is 1.69. The third kappa shape index (κ3) is 3.03. The van der Waals surface area contributed by atoms with E-state index in [2.05, 4.69) is 15.6 Å². The van der Waals surface area contributed by atoms with Crippen molar-refractivity contribution in [3.63, 3.8) is 0 Å². The van der Waals surface area contributed by atoms with E-state index in [-0.39, 0.29) is 11.9 Å². The zero-order valence-corrected chi connectivity index (χ0v) is 10.3. The van der Waals surface area contributed by atoms with Gasteiger partial charge in [0.15, 0.2) is 0 Å². The summed E-state index contributed by atoms with van der Waals surface area (Å²) >= 11 is 0. The van der Waals surface area contributed by atoms with Gasteiger partial charge in [-0.2, -0.15) is 0 Å². The number of carbonyl (C=O) groups excluding carboxylic acids is 1. The fraction of sp³-hybridized carbons (Fsp3) is 0.700. The van der Waals surface area contributed by atoms with Crippen LogP contribution in [0.25, 0.3) is 0 Å². The molecule has 6 nitrogen and oxygen atoms in total. The minimum Gasteiger partial charge on any atom is -0.345 e. The molecule has 1 atom stereocenters. The minimum absolute atomic E-state index is 0.0950. The summed E-state index contributed by atoms with van der Waals surface area (Å²) in [5.41, 5.74) is 0.957. The standard InChI is InChI=1S/C10H19N5O/c1-5-14(3)10(16)8(2)11-6-9-7-12-13-15(9)4/h7-8,11H,5-6H2,1-4H3. The van der Waals surface area contributed by atoms with Crippen molar-refractivity contribution in [3.05, 3.63) is 11.9 Å². The van der Waals surface area contributed by atoms with Crippen molar-refractivity contribution >= 4 is 5.91 Å². The summed E-state index contributed by atoms with van der Waals surface area (Å²) in [7, 11) is 3.63. The largest absolute Gasteiger partial charge is 0.345 e. The zero-order valence-electron chi connectivity index (χ0n) is 10.3. The Bertz CT molecular complexity index is 349. The van der Waals surface area contributed by atoms with Gasteiger partial charge in [-0.1, -0.05) is 5.21 Å². The third-order valence-corrected chi connectivity index (χ3v) is 2.62. The van der Waals surface area contributed by atoms with Crippen molar-refractivity contribution in [2.75, 3.05) is 13.6 Å². The predicted molar refractivity (Wildman–Crippen MR) is 60.6 cm³/mol. The Morgan fingerprint density at radius 2 is 2.38 bits per heavy atom. The molecule has 1 N–H and O–H groups in total. The van der Waals surface area contributed by atoms with Crippen LogP contribution in [0, 0.1) is 0 Å². The van der Waals surface area contributed by atoms with Crippen LogP contribution in [0.1, 0.15) is 19.5 Å². The Morgan fingerprint density at radius 3 is 2.88 bits per heavy atom. The Morgan fingerprint density at radius 1 is 1.69 bits per heavy atom. The molecule has 0 spiro atoms. The molecule has 0 fully saturated rings. The third-order valence-electron chi connectivity index (χ3n) is 2.62. The van der Waals surface area contributed by atoms with Gasteiger partial charge in [0.05, 0.1) is 17.9 Å². The SMILES string of the molecule is CCN(C)C(=O)C(C)NCc1cnnn1C. The van der Waals surface area contributed by atoms with Crippen LogP contribution >= 0.6 is 0 Å². The van der Waals surface area contributed by atoms with E-state index in [1.54, 1.807) is 22.8 Å². The van der Waals surface area contributed by atoms with Gasteiger partial charge in [0.2, 0.25) is 5.91 Å². The number of hydrogen-bond donors (Lipinski definition) is 1. The van der Waals surface area contributed by atoms with E-state index in [1.165, 1.54) is 0 Å². The topological polar surface area (TPSA) is 63.1 Å². The molecule has 0 aromatic carbocycles. The smallest absolute Gasteiger partial charge is 0.239 e. The summed E-state index contributed by atoms with van der Waals surface area (Å²) in [4.78, 5) is 13.4. The number of carbonyl (C=O) groups is 1. The quantitative estimate of drug-likeness (QED) is 0.752. The first kappa shape index (κ1) is 12.6. The molecule has 0 aliphatic rings. The van der Waals surface area contributed by atoms with Crippen molar-refractivity contribution in [3.8, 4) is 0 Å². The van der Waals surface area contributed by atoms with Crippen LogP contribution in [0.15, 0.2) is 6.20 Å². The molecule has 0 aliphatic carbocycles. The van der Waals surface area contributed by atoms with Gasteiger partial charge in [0.1, 0.15) is 0 Å². The van der Waals surface area contributed by atoms with Crippen LogP contribution in [0.5, 0.6) is 0 Å². The second-order valence-electron chi connectivity index (χ2n) is 3.80. The number of amides is 1. The van der Waals surface area contributed by atoms with Gasteiger partial charge in [-0.25, -0.2) is 0 Å². The Kier molecular flexibility index (Phi) is 4.42. The van der Waals surface area contributed by atoms with E-state index in [4.69, 9.17) is 0 Å². The Hall–Kier alpha value is -1.43. The van der Waals surface area contributed by atoms with Crippen LogP contribution in [0.4, 0.5) is 0 Å². The van der Waals surface area contributed by atoms with Crippen LogP contribution < -0.4 is 5.32 Å². The summed E-state index contributed by atoms with van der Waals surface area (Å²) in [5, 5.41) is 10.7. The zero-order chi connectivity index (χ0) is 12.1. The maximum Gasteiger partial charge on any atom is 0.239 e. The van der Waals surface area contributed by atoms with Crippen LogP contribution in [0.2, 0.25) is 0 Å². The maximum atomic E-state index is 11.7. The van der Waals surface area contributed by atoms with Crippen molar-refractivity contribution in [1.82, 2.24) is 25.2 Å². The van der Waals surface area contributed by atoms with Crippen molar-refractivity contribution < 1.29 is 4.79 Å². The first-order chi connectivity index (χ1) is 7.56. The summed E-state index contributed by atoms with van der Waals surface area (Å²) in [5.74, 6) is 0.0950. The number of hydrogen-bond acceptors (Lipinski definition) is 4. The fourth-order valence-electron chi connectivity index (χ4n) is 1.30. The van der Waals surface area contributed by atoms with E-state index in [0.29, 0.717) is 6.54 Å². The molecule has 6 heteroatoms. The highest BCUT2D eigenvalue weighted by atomic mass is 16.2. The lowest BCUT2D eigenvalue weighted by molar-refractivity contribution is -0.131. The van der Waals surface area contributed by atoms with Crippen LogP contribution in [-0.2, 0) is 18.4 Å². The molecule has 0 radical (unpaired) electrons. The van der Waals surface area contributed by atoms with E-state index in [1.807, 2.05) is 20.9 Å². The number of likely N-dealkylation sites (N-methyl/N-ethyl adjacent to an activating group) is 1. The number of nitrogens with zero attached hydrogens (tertiary/aromatic N) is 4. The second kappa shape index (κ2) is 5.60. The molecule has 16 heavy (non-hydrogen) atoms. The number of rotatable bonds is 5. The fourth-order valence-corrected chi connectivity index (χ4v) is 1.30. The van der Waals surface area contributed by atoms with Gasteiger partial charge >= 0.3 is 0 Å². The van der Waals surface area contributed by atoms with E-state index >= 15 is 0 Å². The lowest BCUT2D eigenvalue weighted by Gasteiger charge is -2.20. The van der Waals surface area contributed by atoms with Gasteiger partial charge in [0.25, 0.3) is 0 Å². The highest BCUT2D eigenvalue weighted by molar-refractivity contribution is 5.81. The molecule has 0 saturated heterocycles. The van der Waals surface area contributed by atoms with Crippen LogP contribution in [-0.4, -0.2) is 45.4 Å². The van der Waals surface area contributed by atoms with Crippen LogP contribution in [0.3, 0.4) is 0 Å². The molecule has 0 bridgehead atoms. The maximum absolute atomic E-state index is 11.7. The molecule has 0 aliphatic heterocycles. The summed E-state index contributed by atoms with van der Waals surface area (Å²) in [6, 6.07) is -0.195.